The van der Waals surface area contributed by atoms with Gasteiger partial charge in [0, 0.05) is 18.5 Å². The number of pyridine rings is 1. The van der Waals surface area contributed by atoms with E-state index >= 15 is 0 Å². The largest absolute Gasteiger partial charge is 0.493 e. The molecule has 154 valence electrons. The standard InChI is InChI=1S/C21H18BrN3O5/c1-13(26)30-21-16(22)9-14(10-18(21)28-2)11-24-25-19(27)12-29-17-7-3-5-15-6-4-8-23-20(15)17/h3-11H,12H2,1-2H3,(H,25,27)/b24-11-. The molecule has 1 heterocycles. The van der Waals surface area contributed by atoms with Crippen molar-refractivity contribution >= 4 is 44.9 Å². The summed E-state index contributed by atoms with van der Waals surface area (Å²) in [7, 11) is 1.46. The predicted molar refractivity (Wildman–Crippen MR) is 115 cm³/mol. The molecule has 3 aromatic rings. The van der Waals surface area contributed by atoms with Gasteiger partial charge in [0.25, 0.3) is 5.91 Å². The fraction of sp³-hybridized carbons (Fsp3) is 0.143. The minimum absolute atomic E-state index is 0.217. The number of benzene rings is 2. The summed E-state index contributed by atoms with van der Waals surface area (Å²) in [6.45, 7) is 1.08. The van der Waals surface area contributed by atoms with Crippen molar-refractivity contribution in [2.45, 2.75) is 6.92 Å². The van der Waals surface area contributed by atoms with Crippen molar-refractivity contribution in [2.75, 3.05) is 13.7 Å². The van der Waals surface area contributed by atoms with Crippen LogP contribution in [0.3, 0.4) is 0 Å². The number of halogens is 1. The molecule has 0 unspecified atom stereocenters. The van der Waals surface area contributed by atoms with Gasteiger partial charge in [-0.15, -0.1) is 0 Å². The molecule has 9 heteroatoms. The monoisotopic (exact) mass is 471 g/mol. The normalized spacial score (nSPS) is 10.8. The van der Waals surface area contributed by atoms with Crippen LogP contribution in [0.4, 0.5) is 0 Å². The van der Waals surface area contributed by atoms with E-state index in [4.69, 9.17) is 14.2 Å². The SMILES string of the molecule is COc1cc(/C=N\NC(=O)COc2cccc3cccnc23)cc(Br)c1OC(C)=O. The molecule has 0 saturated heterocycles. The summed E-state index contributed by atoms with van der Waals surface area (Å²) < 4.78 is 16.4. The number of carbonyl (C=O) groups is 2. The maximum atomic E-state index is 12.0. The number of amides is 1. The lowest BCUT2D eigenvalue weighted by molar-refractivity contribution is -0.132. The number of nitrogens with one attached hydrogen (secondary N) is 1. The first kappa shape index (κ1) is 21.3. The third kappa shape index (κ3) is 5.32. The molecule has 0 saturated carbocycles. The number of fused-ring (bicyclic) bond motifs is 1. The average molecular weight is 472 g/mol. The number of aromatic nitrogens is 1. The first-order valence-corrected chi connectivity index (χ1v) is 9.61. The molecule has 0 spiro atoms. The number of carbonyl (C=O) groups excluding carboxylic acids is 2. The number of para-hydroxylation sites is 1. The summed E-state index contributed by atoms with van der Waals surface area (Å²) in [6.07, 6.45) is 3.10. The fourth-order valence-electron chi connectivity index (χ4n) is 2.60. The number of ether oxygens (including phenoxy) is 3. The van der Waals surface area contributed by atoms with Gasteiger partial charge in [0.05, 0.1) is 17.8 Å². The summed E-state index contributed by atoms with van der Waals surface area (Å²) in [4.78, 5) is 27.5. The van der Waals surface area contributed by atoms with Gasteiger partial charge in [-0.3, -0.25) is 14.6 Å². The molecule has 0 bridgehead atoms. The number of hydrazone groups is 1. The molecular formula is C21H18BrN3O5. The Kier molecular flexibility index (Phi) is 6.97. The van der Waals surface area contributed by atoms with Gasteiger partial charge in [0.2, 0.25) is 0 Å². The van der Waals surface area contributed by atoms with E-state index in [1.165, 1.54) is 20.2 Å². The number of methoxy groups -OCH3 is 1. The molecule has 1 amide bonds. The molecule has 0 radical (unpaired) electrons. The Hall–Kier alpha value is -3.46. The lowest BCUT2D eigenvalue weighted by Crippen LogP contribution is -2.24. The van der Waals surface area contributed by atoms with Gasteiger partial charge in [0.1, 0.15) is 11.3 Å². The van der Waals surface area contributed by atoms with Gasteiger partial charge in [-0.05, 0) is 45.8 Å². The molecule has 0 aliphatic heterocycles. The molecule has 8 nitrogen and oxygen atoms in total. The van der Waals surface area contributed by atoms with Crippen molar-refractivity contribution in [1.29, 1.82) is 0 Å². The summed E-state index contributed by atoms with van der Waals surface area (Å²) in [5.41, 5.74) is 3.70. The van der Waals surface area contributed by atoms with E-state index in [0.717, 1.165) is 5.39 Å². The van der Waals surface area contributed by atoms with Crippen LogP contribution in [0, 0.1) is 0 Å². The number of rotatable bonds is 7. The van der Waals surface area contributed by atoms with Gasteiger partial charge < -0.3 is 14.2 Å². The Morgan fingerprint density at radius 3 is 2.77 bits per heavy atom. The van der Waals surface area contributed by atoms with Crippen LogP contribution in [0.2, 0.25) is 0 Å². The van der Waals surface area contributed by atoms with Crippen molar-refractivity contribution in [3.05, 3.63) is 58.7 Å². The Bertz CT molecular complexity index is 1110. The second kappa shape index (κ2) is 9.84. The smallest absolute Gasteiger partial charge is 0.308 e. The summed E-state index contributed by atoms with van der Waals surface area (Å²) in [5.74, 6) is 0.232. The Balaban J connectivity index is 1.61. The molecule has 2 aromatic carbocycles. The van der Waals surface area contributed by atoms with E-state index < -0.39 is 11.9 Å². The van der Waals surface area contributed by atoms with Crippen molar-refractivity contribution < 1.29 is 23.8 Å². The second-order valence-corrected chi connectivity index (χ2v) is 6.90. The third-order valence-electron chi connectivity index (χ3n) is 3.85. The lowest BCUT2D eigenvalue weighted by atomic mass is 10.2. The number of hydrogen-bond donors (Lipinski definition) is 1. The molecule has 0 aliphatic rings. The first-order valence-electron chi connectivity index (χ1n) is 8.82. The minimum Gasteiger partial charge on any atom is -0.493 e. The molecular weight excluding hydrogens is 454 g/mol. The van der Waals surface area contributed by atoms with Crippen molar-refractivity contribution in [3.63, 3.8) is 0 Å². The maximum absolute atomic E-state index is 12.0. The predicted octanol–water partition coefficient (Wildman–Crippen LogP) is 3.46. The minimum atomic E-state index is -0.468. The van der Waals surface area contributed by atoms with E-state index in [-0.39, 0.29) is 12.4 Å². The van der Waals surface area contributed by atoms with Crippen LogP contribution in [0.15, 0.2) is 58.2 Å². The van der Waals surface area contributed by atoms with Gasteiger partial charge in [0.15, 0.2) is 18.1 Å². The van der Waals surface area contributed by atoms with Gasteiger partial charge in [-0.25, -0.2) is 5.43 Å². The van der Waals surface area contributed by atoms with Crippen molar-refractivity contribution in [3.8, 4) is 17.2 Å². The lowest BCUT2D eigenvalue weighted by Gasteiger charge is -2.11. The highest BCUT2D eigenvalue weighted by atomic mass is 79.9. The van der Waals surface area contributed by atoms with E-state index in [1.807, 2.05) is 24.3 Å². The highest BCUT2D eigenvalue weighted by molar-refractivity contribution is 9.10. The molecule has 30 heavy (non-hydrogen) atoms. The van der Waals surface area contributed by atoms with E-state index in [0.29, 0.717) is 27.1 Å². The zero-order valence-electron chi connectivity index (χ0n) is 16.2. The Labute approximate surface area is 181 Å². The number of nitrogens with zero attached hydrogens (tertiary/aromatic N) is 2. The fourth-order valence-corrected chi connectivity index (χ4v) is 3.14. The first-order chi connectivity index (χ1) is 14.5. The molecule has 0 aliphatic carbocycles. The van der Waals surface area contributed by atoms with Gasteiger partial charge in [-0.2, -0.15) is 5.10 Å². The van der Waals surface area contributed by atoms with Crippen LogP contribution in [0.5, 0.6) is 17.2 Å². The molecule has 0 fully saturated rings. The van der Waals surface area contributed by atoms with E-state index in [1.54, 1.807) is 24.4 Å². The van der Waals surface area contributed by atoms with Crippen LogP contribution in [0.25, 0.3) is 10.9 Å². The molecule has 1 N–H and O–H groups in total. The summed E-state index contributed by atoms with van der Waals surface area (Å²) in [6, 6.07) is 12.5. The van der Waals surface area contributed by atoms with Gasteiger partial charge in [-0.1, -0.05) is 18.2 Å². The number of esters is 1. The molecule has 0 atom stereocenters. The third-order valence-corrected chi connectivity index (χ3v) is 4.44. The molecule has 3 rings (SSSR count). The topological polar surface area (TPSA) is 99.1 Å². The Morgan fingerprint density at radius 2 is 2.00 bits per heavy atom. The van der Waals surface area contributed by atoms with Crippen LogP contribution in [0.1, 0.15) is 12.5 Å². The average Bonchev–Trinajstić information content (AvgIpc) is 2.73. The van der Waals surface area contributed by atoms with Gasteiger partial charge >= 0.3 is 5.97 Å². The van der Waals surface area contributed by atoms with Crippen LogP contribution >= 0.6 is 15.9 Å². The van der Waals surface area contributed by atoms with Crippen LogP contribution in [-0.2, 0) is 9.59 Å². The van der Waals surface area contributed by atoms with Crippen LogP contribution < -0.4 is 19.6 Å². The summed E-state index contributed by atoms with van der Waals surface area (Å²) in [5, 5.41) is 4.84. The van der Waals surface area contributed by atoms with Crippen LogP contribution in [-0.4, -0.2) is 36.8 Å². The highest BCUT2D eigenvalue weighted by Crippen LogP contribution is 2.36. The zero-order chi connectivity index (χ0) is 21.5. The summed E-state index contributed by atoms with van der Waals surface area (Å²) >= 11 is 3.33. The van der Waals surface area contributed by atoms with Crippen molar-refractivity contribution in [2.24, 2.45) is 5.10 Å². The second-order valence-electron chi connectivity index (χ2n) is 6.04. The zero-order valence-corrected chi connectivity index (χ0v) is 17.8. The Morgan fingerprint density at radius 1 is 1.20 bits per heavy atom. The maximum Gasteiger partial charge on any atom is 0.308 e. The van der Waals surface area contributed by atoms with E-state index in [2.05, 4.69) is 31.4 Å². The van der Waals surface area contributed by atoms with E-state index in [9.17, 15) is 9.59 Å². The van der Waals surface area contributed by atoms with Crippen molar-refractivity contribution in [1.82, 2.24) is 10.4 Å². The quantitative estimate of drug-likeness (QED) is 0.245. The molecule has 1 aromatic heterocycles. The number of hydrogen-bond acceptors (Lipinski definition) is 7. The highest BCUT2D eigenvalue weighted by Gasteiger charge is 2.13.